The van der Waals surface area contributed by atoms with Crippen LogP contribution in [0, 0.1) is 12.7 Å². The van der Waals surface area contributed by atoms with Gasteiger partial charge in [-0.2, -0.15) is 0 Å². The van der Waals surface area contributed by atoms with E-state index in [2.05, 4.69) is 10.5 Å². The van der Waals surface area contributed by atoms with E-state index >= 15 is 0 Å². The molecule has 0 radical (unpaired) electrons. The number of carbonyl (C=O) groups excluding carboxylic acids is 2. The lowest BCUT2D eigenvalue weighted by molar-refractivity contribution is -0.125. The number of amides is 1. The van der Waals surface area contributed by atoms with Gasteiger partial charge in [0.1, 0.15) is 5.76 Å². The monoisotopic (exact) mass is 384 g/mol. The summed E-state index contributed by atoms with van der Waals surface area (Å²) in [4.78, 5) is 25.2. The Morgan fingerprint density at radius 2 is 1.89 bits per heavy atom. The Labute approximate surface area is 160 Å². The summed E-state index contributed by atoms with van der Waals surface area (Å²) in [5.74, 6) is -1.50. The molecule has 2 aromatic carbocycles. The van der Waals surface area contributed by atoms with Gasteiger partial charge in [0.05, 0.1) is 12.7 Å². The largest absolute Gasteiger partial charge is 0.494 e. The lowest BCUT2D eigenvalue weighted by atomic mass is 10.1. The number of benzene rings is 2. The number of aryl methyl sites for hydroxylation is 1. The summed E-state index contributed by atoms with van der Waals surface area (Å²) in [6, 6.07) is 13.6. The molecule has 0 saturated heterocycles. The highest BCUT2D eigenvalue weighted by atomic mass is 19.1. The molecule has 1 amide bonds. The van der Waals surface area contributed by atoms with Crippen LogP contribution in [0.2, 0.25) is 0 Å². The Balaban J connectivity index is 1.83. The first-order valence-corrected chi connectivity index (χ1v) is 8.31. The average molecular weight is 384 g/mol. The van der Waals surface area contributed by atoms with Crippen molar-refractivity contribution in [3.63, 3.8) is 0 Å². The maximum absolute atomic E-state index is 13.9. The molecule has 1 atom stereocenters. The van der Waals surface area contributed by atoms with Gasteiger partial charge in [-0.1, -0.05) is 35.5 Å². The zero-order chi connectivity index (χ0) is 20.1. The number of anilines is 1. The fourth-order valence-electron chi connectivity index (χ4n) is 2.49. The molecular weight excluding hydrogens is 367 g/mol. The number of halogens is 1. The summed E-state index contributed by atoms with van der Waals surface area (Å²) in [5.41, 5.74) is 0.395. The molecule has 8 heteroatoms. The van der Waals surface area contributed by atoms with Crippen LogP contribution >= 0.6 is 0 Å². The number of nitrogens with one attached hydrogen (secondary N) is 1. The Bertz CT molecular complexity index is 987. The predicted molar refractivity (Wildman–Crippen MR) is 97.4 cm³/mol. The van der Waals surface area contributed by atoms with E-state index in [0.717, 1.165) is 6.07 Å². The molecule has 0 bridgehead atoms. The lowest BCUT2D eigenvalue weighted by Crippen LogP contribution is -2.26. The minimum Gasteiger partial charge on any atom is -0.494 e. The van der Waals surface area contributed by atoms with Crippen molar-refractivity contribution in [1.29, 1.82) is 0 Å². The average Bonchev–Trinajstić information content (AvgIpc) is 3.11. The summed E-state index contributed by atoms with van der Waals surface area (Å²) >= 11 is 0. The quantitative estimate of drug-likeness (QED) is 0.652. The normalized spacial score (nSPS) is 11.5. The first-order chi connectivity index (χ1) is 13.5. The highest BCUT2D eigenvalue weighted by molar-refractivity contribution is 5.97. The highest BCUT2D eigenvalue weighted by Gasteiger charge is 2.27. The molecule has 1 aromatic heterocycles. The van der Waals surface area contributed by atoms with Crippen LogP contribution in [0.3, 0.4) is 0 Å². The van der Waals surface area contributed by atoms with E-state index in [-0.39, 0.29) is 17.1 Å². The Hall–Kier alpha value is -3.68. The number of hydrogen-bond acceptors (Lipinski definition) is 6. The summed E-state index contributed by atoms with van der Waals surface area (Å²) in [7, 11) is 1.32. The third kappa shape index (κ3) is 4.35. The maximum Gasteiger partial charge on any atom is 0.339 e. The van der Waals surface area contributed by atoms with Gasteiger partial charge >= 0.3 is 5.97 Å². The van der Waals surface area contributed by atoms with Crippen LogP contribution in [0.5, 0.6) is 5.75 Å². The Kier molecular flexibility index (Phi) is 5.69. The molecule has 0 aliphatic heterocycles. The molecule has 3 aromatic rings. The fraction of sp³-hybridized carbons (Fsp3) is 0.150. The summed E-state index contributed by atoms with van der Waals surface area (Å²) in [6.07, 6.45) is -1.27. The van der Waals surface area contributed by atoms with E-state index < -0.39 is 23.8 Å². The second-order valence-electron chi connectivity index (χ2n) is 5.86. The molecule has 0 fully saturated rings. The Morgan fingerprint density at radius 3 is 2.50 bits per heavy atom. The smallest absolute Gasteiger partial charge is 0.339 e. The van der Waals surface area contributed by atoms with Crippen LogP contribution in [0.4, 0.5) is 10.2 Å². The molecule has 0 aliphatic carbocycles. The van der Waals surface area contributed by atoms with E-state index in [0.29, 0.717) is 11.3 Å². The molecule has 28 heavy (non-hydrogen) atoms. The second kappa shape index (κ2) is 8.34. The van der Waals surface area contributed by atoms with Gasteiger partial charge in [0.2, 0.25) is 6.10 Å². The zero-order valence-electron chi connectivity index (χ0n) is 15.1. The van der Waals surface area contributed by atoms with Crippen LogP contribution in [-0.4, -0.2) is 24.1 Å². The van der Waals surface area contributed by atoms with Gasteiger partial charge in [-0.25, -0.2) is 9.18 Å². The number of nitrogens with zero attached hydrogens (tertiary/aromatic N) is 1. The summed E-state index contributed by atoms with van der Waals surface area (Å²) in [6.45, 7) is 1.68. The zero-order valence-corrected chi connectivity index (χ0v) is 15.1. The van der Waals surface area contributed by atoms with Crippen molar-refractivity contribution >= 4 is 17.7 Å². The molecule has 0 spiro atoms. The number of carbonyl (C=O) groups is 2. The number of aromatic nitrogens is 1. The first-order valence-electron chi connectivity index (χ1n) is 8.31. The number of rotatable bonds is 6. The van der Waals surface area contributed by atoms with Gasteiger partial charge in [0, 0.05) is 11.6 Å². The molecule has 0 aliphatic rings. The van der Waals surface area contributed by atoms with Crippen LogP contribution in [0.1, 0.15) is 27.8 Å². The predicted octanol–water partition coefficient (Wildman–Crippen LogP) is 3.67. The molecular formula is C20H17FN2O5. The number of ether oxygens (including phenoxy) is 2. The van der Waals surface area contributed by atoms with Crippen molar-refractivity contribution in [1.82, 2.24) is 5.16 Å². The van der Waals surface area contributed by atoms with Gasteiger partial charge < -0.3 is 19.3 Å². The van der Waals surface area contributed by atoms with E-state index in [1.807, 2.05) is 0 Å². The number of hydrogen-bond donors (Lipinski definition) is 1. The third-order valence-corrected chi connectivity index (χ3v) is 3.83. The van der Waals surface area contributed by atoms with Crippen molar-refractivity contribution in [2.24, 2.45) is 0 Å². The van der Waals surface area contributed by atoms with E-state index in [9.17, 15) is 14.0 Å². The molecule has 1 heterocycles. The second-order valence-corrected chi connectivity index (χ2v) is 5.86. The fourth-order valence-corrected chi connectivity index (χ4v) is 2.49. The van der Waals surface area contributed by atoms with Gasteiger partial charge in [-0.3, -0.25) is 4.79 Å². The van der Waals surface area contributed by atoms with Crippen LogP contribution in [0.25, 0.3) is 0 Å². The Morgan fingerprint density at radius 1 is 1.14 bits per heavy atom. The molecule has 3 rings (SSSR count). The number of esters is 1. The first kappa shape index (κ1) is 19.1. The lowest BCUT2D eigenvalue weighted by Gasteiger charge is -2.17. The summed E-state index contributed by atoms with van der Waals surface area (Å²) < 4.78 is 29.0. The minimum absolute atomic E-state index is 0.00435. The van der Waals surface area contributed by atoms with E-state index in [4.69, 9.17) is 14.0 Å². The van der Waals surface area contributed by atoms with Gasteiger partial charge in [0.15, 0.2) is 17.4 Å². The topological polar surface area (TPSA) is 90.7 Å². The summed E-state index contributed by atoms with van der Waals surface area (Å²) in [5, 5.41) is 6.22. The van der Waals surface area contributed by atoms with Crippen molar-refractivity contribution < 1.29 is 28.0 Å². The van der Waals surface area contributed by atoms with Crippen molar-refractivity contribution in [3.8, 4) is 5.75 Å². The molecule has 7 nitrogen and oxygen atoms in total. The van der Waals surface area contributed by atoms with Crippen LogP contribution in [0.15, 0.2) is 59.1 Å². The number of methoxy groups -OCH3 is 1. The van der Waals surface area contributed by atoms with Gasteiger partial charge in [-0.15, -0.1) is 0 Å². The van der Waals surface area contributed by atoms with Crippen LogP contribution < -0.4 is 10.1 Å². The maximum atomic E-state index is 13.9. The SMILES string of the molecule is COc1ccc(C(=O)O[C@@H](C(=O)Nc2cc(C)on2)c2ccccc2)cc1F. The minimum atomic E-state index is -1.27. The van der Waals surface area contributed by atoms with Gasteiger partial charge in [-0.05, 0) is 25.1 Å². The van der Waals surface area contributed by atoms with Crippen molar-refractivity contribution in [2.45, 2.75) is 13.0 Å². The highest BCUT2D eigenvalue weighted by Crippen LogP contribution is 2.23. The van der Waals surface area contributed by atoms with E-state index in [1.165, 1.54) is 25.3 Å². The van der Waals surface area contributed by atoms with E-state index in [1.54, 1.807) is 37.3 Å². The standard InChI is InChI=1S/C20H17FN2O5/c1-12-10-17(23-28-12)22-19(24)18(13-6-4-3-5-7-13)27-20(25)14-8-9-16(26-2)15(21)11-14/h3-11,18H,1-2H3,(H,22,23,24)/t18-/m1/s1. The molecule has 1 N–H and O–H groups in total. The van der Waals surface area contributed by atoms with Gasteiger partial charge in [0.25, 0.3) is 5.91 Å². The van der Waals surface area contributed by atoms with Crippen LogP contribution in [-0.2, 0) is 9.53 Å². The molecule has 0 saturated carbocycles. The third-order valence-electron chi connectivity index (χ3n) is 3.83. The molecule has 144 valence electrons. The molecule has 0 unspecified atom stereocenters. The van der Waals surface area contributed by atoms with Crippen molar-refractivity contribution in [3.05, 3.63) is 77.3 Å². The van der Waals surface area contributed by atoms with Crippen molar-refractivity contribution in [2.75, 3.05) is 12.4 Å².